The van der Waals surface area contributed by atoms with E-state index in [1.807, 2.05) is 38.1 Å². The first-order chi connectivity index (χ1) is 16.0. The van der Waals surface area contributed by atoms with Gasteiger partial charge in [0, 0.05) is 17.7 Å². The number of anilines is 1. The summed E-state index contributed by atoms with van der Waals surface area (Å²) in [7, 11) is 0. The highest BCUT2D eigenvalue weighted by atomic mass is 16.5. The Bertz CT molecular complexity index is 1100. The van der Waals surface area contributed by atoms with Gasteiger partial charge in [-0.15, -0.1) is 0 Å². The van der Waals surface area contributed by atoms with Crippen LogP contribution in [0.5, 0.6) is 0 Å². The molecule has 8 heteroatoms. The predicted octanol–water partition coefficient (Wildman–Crippen LogP) is 3.28. The van der Waals surface area contributed by atoms with Crippen LogP contribution in [0.2, 0.25) is 0 Å². The predicted molar refractivity (Wildman–Crippen MR) is 128 cm³/mol. The molecule has 180 valence electrons. The van der Waals surface area contributed by atoms with Gasteiger partial charge in [0.2, 0.25) is 5.91 Å². The van der Waals surface area contributed by atoms with Crippen molar-refractivity contribution in [1.82, 2.24) is 10.4 Å². The molecule has 1 saturated heterocycles. The average molecular weight is 466 g/mol. The van der Waals surface area contributed by atoms with Gasteiger partial charge in [0.15, 0.2) is 6.61 Å². The Labute approximate surface area is 199 Å². The molecule has 0 aliphatic carbocycles. The number of nitrogens with one attached hydrogen (secondary N) is 2. The van der Waals surface area contributed by atoms with E-state index in [0.717, 1.165) is 21.7 Å². The second kappa shape index (κ2) is 10.1. The standard InChI is InChI=1S/C26H31N3O5/c1-16-7-6-8-21(17(16)2)27-22(30)15-34-25(33)19-13-23(31)29(14-19)28-24(32)18-9-11-20(12-10-18)26(3,4)5/h6-12,19H,13-15H2,1-5H3,(H,27,30)(H,28,32)/t19-/m1/s1. The third-order valence-corrected chi connectivity index (χ3v) is 5.93. The van der Waals surface area contributed by atoms with E-state index in [9.17, 15) is 19.2 Å². The summed E-state index contributed by atoms with van der Waals surface area (Å²) in [5.74, 6) is -2.70. The Morgan fingerprint density at radius 1 is 1.06 bits per heavy atom. The SMILES string of the molecule is Cc1cccc(NC(=O)COC(=O)[C@@H]2CC(=O)N(NC(=O)c3ccc(C(C)(C)C)cc3)C2)c1C. The Balaban J connectivity index is 1.50. The Morgan fingerprint density at radius 2 is 1.74 bits per heavy atom. The van der Waals surface area contributed by atoms with Crippen LogP contribution in [0.15, 0.2) is 42.5 Å². The van der Waals surface area contributed by atoms with E-state index in [1.54, 1.807) is 18.2 Å². The van der Waals surface area contributed by atoms with Crippen molar-refractivity contribution in [3.63, 3.8) is 0 Å². The number of carbonyl (C=O) groups is 4. The number of aryl methyl sites for hydroxylation is 1. The number of benzene rings is 2. The van der Waals surface area contributed by atoms with E-state index in [4.69, 9.17) is 4.74 Å². The van der Waals surface area contributed by atoms with Crippen LogP contribution in [0, 0.1) is 19.8 Å². The first kappa shape index (κ1) is 25.0. The van der Waals surface area contributed by atoms with Crippen molar-refractivity contribution >= 4 is 29.4 Å². The zero-order chi connectivity index (χ0) is 25.0. The lowest BCUT2D eigenvalue weighted by Crippen LogP contribution is -2.43. The highest BCUT2D eigenvalue weighted by Crippen LogP contribution is 2.23. The molecule has 2 aromatic rings. The lowest BCUT2D eigenvalue weighted by atomic mass is 9.87. The molecule has 1 aliphatic heterocycles. The highest BCUT2D eigenvalue weighted by Gasteiger charge is 2.36. The van der Waals surface area contributed by atoms with Gasteiger partial charge >= 0.3 is 5.97 Å². The maximum absolute atomic E-state index is 12.5. The largest absolute Gasteiger partial charge is 0.455 e. The van der Waals surface area contributed by atoms with Crippen LogP contribution >= 0.6 is 0 Å². The van der Waals surface area contributed by atoms with Crippen LogP contribution < -0.4 is 10.7 Å². The lowest BCUT2D eigenvalue weighted by Gasteiger charge is -2.20. The van der Waals surface area contributed by atoms with Gasteiger partial charge in [-0.1, -0.05) is 45.0 Å². The number of rotatable bonds is 6. The van der Waals surface area contributed by atoms with E-state index in [0.29, 0.717) is 11.3 Å². The summed E-state index contributed by atoms with van der Waals surface area (Å²) in [5, 5.41) is 3.85. The summed E-state index contributed by atoms with van der Waals surface area (Å²) in [6, 6.07) is 12.7. The molecule has 0 unspecified atom stereocenters. The molecule has 1 atom stereocenters. The van der Waals surface area contributed by atoms with Crippen molar-refractivity contribution in [2.45, 2.75) is 46.5 Å². The van der Waals surface area contributed by atoms with Crippen LogP contribution in [0.4, 0.5) is 5.69 Å². The fraction of sp³-hybridized carbons (Fsp3) is 0.385. The summed E-state index contributed by atoms with van der Waals surface area (Å²) in [4.78, 5) is 49.5. The monoisotopic (exact) mass is 465 g/mol. The minimum Gasteiger partial charge on any atom is -0.455 e. The maximum atomic E-state index is 12.5. The first-order valence-electron chi connectivity index (χ1n) is 11.2. The molecule has 0 spiro atoms. The fourth-order valence-electron chi connectivity index (χ4n) is 3.61. The summed E-state index contributed by atoms with van der Waals surface area (Å²) in [5.41, 5.74) is 6.64. The smallest absolute Gasteiger partial charge is 0.311 e. The highest BCUT2D eigenvalue weighted by molar-refractivity contribution is 5.97. The van der Waals surface area contributed by atoms with Crippen molar-refractivity contribution in [2.75, 3.05) is 18.5 Å². The molecule has 0 radical (unpaired) electrons. The second-order valence-electron chi connectivity index (χ2n) is 9.58. The van der Waals surface area contributed by atoms with E-state index in [1.165, 1.54) is 0 Å². The number of esters is 1. The van der Waals surface area contributed by atoms with Crippen LogP contribution in [0.3, 0.4) is 0 Å². The van der Waals surface area contributed by atoms with Crippen LogP contribution in [0.1, 0.15) is 54.2 Å². The molecule has 3 rings (SSSR count). The first-order valence-corrected chi connectivity index (χ1v) is 11.2. The van der Waals surface area contributed by atoms with Gasteiger partial charge in [-0.3, -0.25) is 29.6 Å². The summed E-state index contributed by atoms with van der Waals surface area (Å²) in [6.07, 6.45) is -0.0965. The lowest BCUT2D eigenvalue weighted by molar-refractivity contribution is -0.151. The van der Waals surface area contributed by atoms with E-state index in [2.05, 4.69) is 31.5 Å². The van der Waals surface area contributed by atoms with Crippen LogP contribution in [-0.4, -0.2) is 41.9 Å². The Hall–Kier alpha value is -3.68. The van der Waals surface area contributed by atoms with Gasteiger partial charge in [-0.2, -0.15) is 0 Å². The van der Waals surface area contributed by atoms with Crippen molar-refractivity contribution in [3.8, 4) is 0 Å². The van der Waals surface area contributed by atoms with Crippen molar-refractivity contribution < 1.29 is 23.9 Å². The third-order valence-electron chi connectivity index (χ3n) is 5.93. The zero-order valence-corrected chi connectivity index (χ0v) is 20.2. The normalized spacial score (nSPS) is 15.7. The minimum absolute atomic E-state index is 0.0118. The molecule has 2 aromatic carbocycles. The minimum atomic E-state index is -0.760. The number of nitrogens with zero attached hydrogens (tertiary/aromatic N) is 1. The average Bonchev–Trinajstić information content (AvgIpc) is 3.15. The van der Waals surface area contributed by atoms with Gasteiger partial charge < -0.3 is 10.1 Å². The summed E-state index contributed by atoms with van der Waals surface area (Å²) >= 11 is 0. The van der Waals surface area contributed by atoms with Gasteiger partial charge in [0.05, 0.1) is 12.5 Å². The molecule has 0 saturated carbocycles. The van der Waals surface area contributed by atoms with E-state index < -0.39 is 30.3 Å². The molecule has 1 heterocycles. The molecular weight excluding hydrogens is 434 g/mol. The van der Waals surface area contributed by atoms with Crippen molar-refractivity contribution in [1.29, 1.82) is 0 Å². The van der Waals surface area contributed by atoms with Gasteiger partial charge in [0.1, 0.15) is 0 Å². The maximum Gasteiger partial charge on any atom is 0.311 e. The van der Waals surface area contributed by atoms with Crippen LogP contribution in [-0.2, 0) is 24.5 Å². The topological polar surface area (TPSA) is 105 Å². The van der Waals surface area contributed by atoms with Crippen LogP contribution in [0.25, 0.3) is 0 Å². The van der Waals surface area contributed by atoms with E-state index >= 15 is 0 Å². The molecule has 1 aliphatic rings. The molecule has 1 fully saturated rings. The number of carbonyl (C=O) groups excluding carboxylic acids is 4. The number of amides is 3. The Morgan fingerprint density at radius 3 is 2.38 bits per heavy atom. The van der Waals surface area contributed by atoms with Gasteiger partial charge in [-0.25, -0.2) is 0 Å². The van der Waals surface area contributed by atoms with E-state index in [-0.39, 0.29) is 24.3 Å². The number of hydrogen-bond acceptors (Lipinski definition) is 5. The Kier molecular flexibility index (Phi) is 7.39. The number of hydrogen-bond donors (Lipinski definition) is 2. The summed E-state index contributed by atoms with van der Waals surface area (Å²) < 4.78 is 5.12. The summed E-state index contributed by atoms with van der Waals surface area (Å²) in [6.45, 7) is 9.61. The molecule has 0 aromatic heterocycles. The third kappa shape index (κ3) is 6.01. The fourth-order valence-corrected chi connectivity index (χ4v) is 3.61. The van der Waals surface area contributed by atoms with Crippen molar-refractivity contribution in [2.24, 2.45) is 5.92 Å². The number of hydrazine groups is 1. The molecule has 0 bridgehead atoms. The quantitative estimate of drug-likeness (QED) is 0.637. The second-order valence-corrected chi connectivity index (χ2v) is 9.58. The molecule has 8 nitrogen and oxygen atoms in total. The van der Waals surface area contributed by atoms with Gasteiger partial charge in [0.25, 0.3) is 11.8 Å². The molecule has 3 amide bonds. The number of ether oxygens (including phenoxy) is 1. The van der Waals surface area contributed by atoms with Gasteiger partial charge in [-0.05, 0) is 54.2 Å². The van der Waals surface area contributed by atoms with Crippen molar-refractivity contribution in [3.05, 3.63) is 64.7 Å². The molecule has 2 N–H and O–H groups in total. The molecule has 34 heavy (non-hydrogen) atoms. The zero-order valence-electron chi connectivity index (χ0n) is 20.2. The molecular formula is C26H31N3O5.